The number of likely N-dealkylation sites (tertiary alicyclic amines) is 1. The van der Waals surface area contributed by atoms with Crippen molar-refractivity contribution >= 4 is 29.4 Å². The van der Waals surface area contributed by atoms with E-state index in [0.29, 0.717) is 35.2 Å². The van der Waals surface area contributed by atoms with Crippen LogP contribution in [0, 0.1) is 11.7 Å². The highest BCUT2D eigenvalue weighted by Crippen LogP contribution is 2.25. The summed E-state index contributed by atoms with van der Waals surface area (Å²) >= 11 is 5.82. The van der Waals surface area contributed by atoms with Gasteiger partial charge in [0.2, 0.25) is 0 Å². The van der Waals surface area contributed by atoms with Crippen LogP contribution in [-0.4, -0.2) is 61.8 Å². The van der Waals surface area contributed by atoms with Gasteiger partial charge in [-0.2, -0.15) is 0 Å². The first-order chi connectivity index (χ1) is 15.9. The second kappa shape index (κ2) is 12.1. The minimum atomic E-state index is -0.506. The van der Waals surface area contributed by atoms with Crippen LogP contribution in [0.3, 0.4) is 0 Å². The van der Waals surface area contributed by atoms with Crippen molar-refractivity contribution in [1.29, 1.82) is 0 Å². The number of nitrogens with zero attached hydrogens (tertiary/aromatic N) is 3. The van der Waals surface area contributed by atoms with Crippen molar-refractivity contribution in [1.82, 2.24) is 20.5 Å². The summed E-state index contributed by atoms with van der Waals surface area (Å²) in [6.45, 7) is 5.43. The smallest absolute Gasteiger partial charge is 0.253 e. The Morgan fingerprint density at radius 1 is 1.39 bits per heavy atom. The van der Waals surface area contributed by atoms with Gasteiger partial charge in [-0.1, -0.05) is 11.6 Å². The molecule has 0 saturated carbocycles. The third-order valence-corrected chi connectivity index (χ3v) is 5.95. The first-order valence-corrected chi connectivity index (χ1v) is 11.5. The quantitative estimate of drug-likeness (QED) is 0.539. The number of pyridine rings is 1. The number of aliphatic imine (C=N–C) groups is 1. The number of halogens is 2. The summed E-state index contributed by atoms with van der Waals surface area (Å²) in [5.41, 5.74) is 1.63. The second-order valence-electron chi connectivity index (χ2n) is 8.29. The maximum absolute atomic E-state index is 13.4. The van der Waals surface area contributed by atoms with E-state index in [2.05, 4.69) is 32.6 Å². The summed E-state index contributed by atoms with van der Waals surface area (Å²) in [5.74, 6) is 0.317. The number of hydrogen-bond donors (Lipinski definition) is 2. The molecule has 2 aromatic rings. The van der Waals surface area contributed by atoms with E-state index in [0.717, 1.165) is 19.6 Å². The normalized spacial score (nSPS) is 16.2. The third-order valence-electron chi connectivity index (χ3n) is 5.66. The lowest BCUT2D eigenvalue weighted by Crippen LogP contribution is -2.34. The molecule has 0 spiro atoms. The van der Waals surface area contributed by atoms with Crippen LogP contribution in [0.1, 0.15) is 35.8 Å². The fourth-order valence-electron chi connectivity index (χ4n) is 3.72. The van der Waals surface area contributed by atoms with Crippen molar-refractivity contribution in [2.24, 2.45) is 10.9 Å². The molecule has 2 heterocycles. The van der Waals surface area contributed by atoms with Gasteiger partial charge in [-0.05, 0) is 70.6 Å². The molecule has 1 amide bonds. The van der Waals surface area contributed by atoms with Crippen LogP contribution < -0.4 is 15.4 Å². The van der Waals surface area contributed by atoms with Crippen molar-refractivity contribution in [3.8, 4) is 5.75 Å². The van der Waals surface area contributed by atoms with E-state index in [1.165, 1.54) is 31.0 Å². The van der Waals surface area contributed by atoms with Crippen molar-refractivity contribution in [3.63, 3.8) is 0 Å². The molecule has 1 atom stereocenters. The molecule has 9 heteroatoms. The molecule has 1 saturated heterocycles. The monoisotopic (exact) mass is 475 g/mol. The van der Waals surface area contributed by atoms with Crippen molar-refractivity contribution in [2.45, 2.75) is 32.4 Å². The SMILES string of the molecule is CNC(=O)c1ccnc(CNCC2CCN(C)CC2)c1N=CC(C)Oc1ccc(F)c(Cl)c1. The maximum Gasteiger partial charge on any atom is 0.253 e. The Kier molecular flexibility index (Phi) is 9.17. The van der Waals surface area contributed by atoms with Gasteiger partial charge in [0, 0.05) is 32.1 Å². The van der Waals surface area contributed by atoms with Crippen molar-refractivity contribution in [2.75, 3.05) is 33.7 Å². The number of carbonyl (C=O) groups excluding carboxylic acids is 1. The highest BCUT2D eigenvalue weighted by atomic mass is 35.5. The molecule has 0 radical (unpaired) electrons. The Bertz CT molecular complexity index is 979. The first kappa shape index (κ1) is 25.1. The zero-order valence-corrected chi connectivity index (χ0v) is 20.0. The summed E-state index contributed by atoms with van der Waals surface area (Å²) in [7, 11) is 3.73. The summed E-state index contributed by atoms with van der Waals surface area (Å²) in [6.07, 6.45) is 5.12. The lowest BCUT2D eigenvalue weighted by atomic mass is 9.97. The molecule has 1 aliphatic rings. The van der Waals surface area contributed by atoms with Crippen LogP contribution in [0.15, 0.2) is 35.5 Å². The van der Waals surface area contributed by atoms with Crippen molar-refractivity contribution in [3.05, 3.63) is 52.6 Å². The number of carbonyl (C=O) groups is 1. The van der Waals surface area contributed by atoms with Crippen LogP contribution in [0.4, 0.5) is 10.1 Å². The topological polar surface area (TPSA) is 78.9 Å². The Labute approximate surface area is 199 Å². The summed E-state index contributed by atoms with van der Waals surface area (Å²) in [5, 5.41) is 6.12. The molecule has 178 valence electrons. The molecule has 3 rings (SSSR count). The van der Waals surface area contributed by atoms with E-state index in [9.17, 15) is 9.18 Å². The van der Waals surface area contributed by atoms with Gasteiger partial charge in [-0.3, -0.25) is 14.8 Å². The number of benzene rings is 1. The number of piperidine rings is 1. The number of aromatic nitrogens is 1. The second-order valence-corrected chi connectivity index (χ2v) is 8.69. The number of nitrogens with one attached hydrogen (secondary N) is 2. The average Bonchev–Trinajstić information content (AvgIpc) is 2.81. The van der Waals surface area contributed by atoms with E-state index in [-0.39, 0.29) is 10.9 Å². The molecular weight excluding hydrogens is 445 g/mol. The van der Waals surface area contributed by atoms with Crippen LogP contribution >= 0.6 is 11.6 Å². The summed E-state index contributed by atoms with van der Waals surface area (Å²) < 4.78 is 19.1. The zero-order chi connectivity index (χ0) is 23.8. The molecular formula is C24H31ClFN5O2. The molecule has 0 bridgehead atoms. The Morgan fingerprint density at radius 3 is 2.85 bits per heavy atom. The lowest BCUT2D eigenvalue weighted by Gasteiger charge is -2.29. The van der Waals surface area contributed by atoms with Gasteiger partial charge in [0.25, 0.3) is 5.91 Å². The van der Waals surface area contributed by atoms with Crippen LogP contribution in [0.25, 0.3) is 0 Å². The molecule has 7 nitrogen and oxygen atoms in total. The predicted molar refractivity (Wildman–Crippen MR) is 129 cm³/mol. The zero-order valence-electron chi connectivity index (χ0n) is 19.3. The van der Waals surface area contributed by atoms with Gasteiger partial charge in [0.1, 0.15) is 17.7 Å². The average molecular weight is 476 g/mol. The number of rotatable bonds is 9. The standard InChI is InChI=1S/C24H31ClFN5O2/c1-16(33-18-4-5-21(26)20(25)12-18)13-30-23-19(24(32)27-2)6-9-29-22(23)15-28-14-17-7-10-31(3)11-8-17/h4-6,9,12-13,16-17,28H,7-8,10-11,14-15H2,1-3H3,(H,27,32). The molecule has 1 unspecified atom stereocenters. The molecule has 1 aromatic heterocycles. The maximum atomic E-state index is 13.4. The Balaban J connectivity index is 1.70. The highest BCUT2D eigenvalue weighted by molar-refractivity contribution is 6.30. The fraction of sp³-hybridized carbons (Fsp3) is 0.458. The predicted octanol–water partition coefficient (Wildman–Crippen LogP) is 3.83. The molecule has 1 fully saturated rings. The number of amides is 1. The van der Waals surface area contributed by atoms with Crippen LogP contribution in [0.5, 0.6) is 5.75 Å². The molecule has 1 aromatic carbocycles. The minimum Gasteiger partial charge on any atom is -0.485 e. The third kappa shape index (κ3) is 7.22. The van der Waals surface area contributed by atoms with Crippen LogP contribution in [-0.2, 0) is 6.54 Å². The van der Waals surface area contributed by atoms with Gasteiger partial charge < -0.3 is 20.3 Å². The largest absolute Gasteiger partial charge is 0.485 e. The van der Waals surface area contributed by atoms with Gasteiger partial charge in [0.05, 0.1) is 22.0 Å². The molecule has 0 aliphatic carbocycles. The summed E-state index contributed by atoms with van der Waals surface area (Å²) in [6, 6.07) is 5.82. The number of hydrogen-bond acceptors (Lipinski definition) is 6. The van der Waals surface area contributed by atoms with E-state index in [1.807, 2.05) is 0 Å². The fourth-order valence-corrected chi connectivity index (χ4v) is 3.89. The van der Waals surface area contributed by atoms with Gasteiger partial charge in [0.15, 0.2) is 0 Å². The van der Waals surface area contributed by atoms with Gasteiger partial charge in [-0.25, -0.2) is 4.39 Å². The van der Waals surface area contributed by atoms with Gasteiger partial charge >= 0.3 is 0 Å². The molecule has 1 aliphatic heterocycles. The van der Waals surface area contributed by atoms with E-state index in [4.69, 9.17) is 16.3 Å². The van der Waals surface area contributed by atoms with Gasteiger partial charge in [-0.15, -0.1) is 0 Å². The lowest BCUT2D eigenvalue weighted by molar-refractivity contribution is 0.0963. The summed E-state index contributed by atoms with van der Waals surface area (Å²) in [4.78, 5) is 23.8. The first-order valence-electron chi connectivity index (χ1n) is 11.1. The van der Waals surface area contributed by atoms with E-state index < -0.39 is 11.9 Å². The highest BCUT2D eigenvalue weighted by Gasteiger charge is 2.18. The minimum absolute atomic E-state index is 0.0104. The van der Waals surface area contributed by atoms with Crippen LogP contribution in [0.2, 0.25) is 5.02 Å². The molecule has 2 N–H and O–H groups in total. The van der Waals surface area contributed by atoms with E-state index in [1.54, 1.807) is 32.4 Å². The Hall–Kier alpha value is -2.55. The van der Waals surface area contributed by atoms with E-state index >= 15 is 0 Å². The Morgan fingerprint density at radius 2 is 2.15 bits per heavy atom. The van der Waals surface area contributed by atoms with Crippen molar-refractivity contribution < 1.29 is 13.9 Å². The molecule has 33 heavy (non-hydrogen) atoms. The number of ether oxygens (including phenoxy) is 1.